The number of primary amides is 1. The summed E-state index contributed by atoms with van der Waals surface area (Å²) in [4.78, 5) is 37.2. The topological polar surface area (TPSA) is 116 Å². The number of carbonyl (C=O) groups is 3. The van der Waals surface area contributed by atoms with E-state index in [1.54, 1.807) is 18.7 Å². The highest BCUT2D eigenvalue weighted by Gasteiger charge is 2.30. The Morgan fingerprint density at radius 2 is 1.75 bits per heavy atom. The van der Waals surface area contributed by atoms with Crippen molar-refractivity contribution >= 4 is 17.9 Å². The zero-order valence-corrected chi connectivity index (χ0v) is 11.9. The Kier molecular flexibility index (Phi) is 5.32. The minimum Gasteiger partial charge on any atom is -0.481 e. The summed E-state index contributed by atoms with van der Waals surface area (Å²) in [6.07, 6.45) is 0.0981. The van der Waals surface area contributed by atoms with Gasteiger partial charge in [0.2, 0.25) is 5.91 Å². The molecule has 1 rings (SSSR count). The molecule has 1 aliphatic heterocycles. The van der Waals surface area contributed by atoms with Crippen molar-refractivity contribution < 1.29 is 19.5 Å². The summed E-state index contributed by atoms with van der Waals surface area (Å²) >= 11 is 0. The molecule has 0 aliphatic carbocycles. The Bertz CT molecular complexity index is 389. The Hall–Kier alpha value is -1.83. The zero-order valence-electron chi connectivity index (χ0n) is 11.9. The molecule has 0 aromatic heterocycles. The number of urea groups is 1. The maximum atomic E-state index is 12.0. The molecule has 1 aliphatic rings. The van der Waals surface area contributed by atoms with E-state index < -0.39 is 17.4 Å². The van der Waals surface area contributed by atoms with E-state index in [9.17, 15) is 14.4 Å². The van der Waals surface area contributed by atoms with Crippen LogP contribution in [0, 0.1) is 0 Å². The second-order valence-electron chi connectivity index (χ2n) is 5.39. The summed E-state index contributed by atoms with van der Waals surface area (Å²) in [6, 6.07) is -0.327. The number of aliphatic carboxylic acids is 1. The van der Waals surface area contributed by atoms with Gasteiger partial charge in [-0.25, -0.2) is 4.79 Å². The van der Waals surface area contributed by atoms with E-state index in [0.29, 0.717) is 32.7 Å². The minimum atomic E-state index is -1.09. The van der Waals surface area contributed by atoms with Crippen molar-refractivity contribution in [3.8, 4) is 0 Å². The number of nitrogens with two attached hydrogens (primary N) is 1. The first kappa shape index (κ1) is 16.2. The Labute approximate surface area is 117 Å². The van der Waals surface area contributed by atoms with Gasteiger partial charge >= 0.3 is 12.0 Å². The number of nitrogens with one attached hydrogen (secondary N) is 1. The average molecular weight is 286 g/mol. The van der Waals surface area contributed by atoms with Crippen LogP contribution in [0.2, 0.25) is 0 Å². The molecule has 0 bridgehead atoms. The van der Waals surface area contributed by atoms with Crippen molar-refractivity contribution in [1.82, 2.24) is 15.1 Å². The van der Waals surface area contributed by atoms with Gasteiger partial charge in [0.1, 0.15) is 5.54 Å². The highest BCUT2D eigenvalue weighted by atomic mass is 16.4. The molecule has 4 N–H and O–H groups in total. The molecule has 3 amide bonds. The summed E-state index contributed by atoms with van der Waals surface area (Å²) in [5.74, 6) is -1.42. The molecule has 20 heavy (non-hydrogen) atoms. The van der Waals surface area contributed by atoms with Crippen LogP contribution >= 0.6 is 0 Å². The molecule has 0 spiro atoms. The number of nitrogens with zero attached hydrogens (tertiary/aromatic N) is 2. The van der Waals surface area contributed by atoms with Crippen LogP contribution in [0.1, 0.15) is 20.3 Å². The van der Waals surface area contributed by atoms with E-state index in [0.717, 1.165) is 0 Å². The molecule has 1 saturated heterocycles. The number of amides is 3. The van der Waals surface area contributed by atoms with Crippen LogP contribution in [0.15, 0.2) is 0 Å². The standard InChI is InChI=1S/C12H22N4O4/c1-12(2,10(13)19)14-11(20)16-7-5-15(6-8-16)4-3-9(17)18/h3-8H2,1-2H3,(H2,13,19)(H,14,20)(H,17,18). The third-order valence-electron chi connectivity index (χ3n) is 3.34. The predicted molar refractivity (Wildman–Crippen MR) is 72.1 cm³/mol. The number of rotatable bonds is 5. The third kappa shape index (κ3) is 4.69. The summed E-state index contributed by atoms with van der Waals surface area (Å²) < 4.78 is 0. The van der Waals surface area contributed by atoms with E-state index >= 15 is 0 Å². The van der Waals surface area contributed by atoms with Gasteiger partial charge in [0.05, 0.1) is 6.42 Å². The average Bonchev–Trinajstić information content (AvgIpc) is 2.36. The van der Waals surface area contributed by atoms with Gasteiger partial charge in [-0.3, -0.25) is 14.5 Å². The summed E-state index contributed by atoms with van der Waals surface area (Å²) in [7, 11) is 0. The monoisotopic (exact) mass is 286 g/mol. The molecule has 0 aromatic rings. The minimum absolute atomic E-state index is 0.0981. The smallest absolute Gasteiger partial charge is 0.318 e. The van der Waals surface area contributed by atoms with E-state index in [2.05, 4.69) is 5.32 Å². The quantitative estimate of drug-likeness (QED) is 0.602. The molecule has 0 aromatic carbocycles. The van der Waals surface area contributed by atoms with Crippen LogP contribution in [0.25, 0.3) is 0 Å². The first-order chi connectivity index (χ1) is 9.22. The second kappa shape index (κ2) is 6.56. The first-order valence-corrected chi connectivity index (χ1v) is 6.53. The van der Waals surface area contributed by atoms with Gasteiger partial charge in [0, 0.05) is 32.7 Å². The molecule has 8 nitrogen and oxygen atoms in total. The Balaban J connectivity index is 2.39. The van der Waals surface area contributed by atoms with Crippen molar-refractivity contribution in [3.05, 3.63) is 0 Å². The highest BCUT2D eigenvalue weighted by molar-refractivity contribution is 5.89. The van der Waals surface area contributed by atoms with Crippen LogP contribution in [0.4, 0.5) is 4.79 Å². The lowest BCUT2D eigenvalue weighted by molar-refractivity contribution is -0.137. The number of carbonyl (C=O) groups excluding carboxylic acids is 2. The molecule has 1 fully saturated rings. The zero-order chi connectivity index (χ0) is 15.3. The summed E-state index contributed by atoms with van der Waals surface area (Å²) in [5.41, 5.74) is 4.12. The maximum absolute atomic E-state index is 12.0. The molecule has 0 unspecified atom stereocenters. The molecule has 114 valence electrons. The molecule has 0 atom stereocenters. The van der Waals surface area contributed by atoms with Crippen molar-refractivity contribution in [3.63, 3.8) is 0 Å². The van der Waals surface area contributed by atoms with Crippen LogP contribution in [0.3, 0.4) is 0 Å². The maximum Gasteiger partial charge on any atom is 0.318 e. The van der Waals surface area contributed by atoms with E-state index in [1.807, 2.05) is 4.90 Å². The van der Waals surface area contributed by atoms with Crippen molar-refractivity contribution in [2.75, 3.05) is 32.7 Å². The molecule has 0 saturated carbocycles. The van der Waals surface area contributed by atoms with Gasteiger partial charge < -0.3 is 21.1 Å². The fraction of sp³-hybridized carbons (Fsp3) is 0.750. The van der Waals surface area contributed by atoms with Crippen molar-refractivity contribution in [2.24, 2.45) is 5.73 Å². The molecular formula is C12H22N4O4. The Morgan fingerprint density at radius 3 is 2.20 bits per heavy atom. The van der Waals surface area contributed by atoms with E-state index in [4.69, 9.17) is 10.8 Å². The van der Waals surface area contributed by atoms with Gasteiger partial charge in [0.25, 0.3) is 0 Å². The predicted octanol–water partition coefficient (Wildman–Crippen LogP) is -0.948. The lowest BCUT2D eigenvalue weighted by Gasteiger charge is -2.36. The molecule has 8 heteroatoms. The lowest BCUT2D eigenvalue weighted by atomic mass is 10.1. The second-order valence-corrected chi connectivity index (χ2v) is 5.39. The highest BCUT2D eigenvalue weighted by Crippen LogP contribution is 2.06. The van der Waals surface area contributed by atoms with Gasteiger partial charge in [-0.05, 0) is 13.8 Å². The largest absolute Gasteiger partial charge is 0.481 e. The lowest BCUT2D eigenvalue weighted by Crippen LogP contribution is -2.59. The normalized spacial score (nSPS) is 16.8. The van der Waals surface area contributed by atoms with Crippen LogP contribution in [-0.4, -0.2) is 71.1 Å². The summed E-state index contributed by atoms with van der Waals surface area (Å²) in [6.45, 7) is 5.83. The molecule has 0 radical (unpaired) electrons. The van der Waals surface area contributed by atoms with Crippen molar-refractivity contribution in [1.29, 1.82) is 0 Å². The van der Waals surface area contributed by atoms with E-state index in [1.165, 1.54) is 0 Å². The van der Waals surface area contributed by atoms with Gasteiger partial charge in [-0.2, -0.15) is 0 Å². The molecular weight excluding hydrogens is 264 g/mol. The number of hydrogen-bond acceptors (Lipinski definition) is 4. The van der Waals surface area contributed by atoms with Gasteiger partial charge in [0.15, 0.2) is 0 Å². The summed E-state index contributed by atoms with van der Waals surface area (Å²) in [5, 5.41) is 11.2. The fourth-order valence-corrected chi connectivity index (χ4v) is 1.84. The number of piperazine rings is 1. The number of carboxylic acid groups (broad SMARTS) is 1. The number of carboxylic acids is 1. The number of hydrogen-bond donors (Lipinski definition) is 3. The van der Waals surface area contributed by atoms with Crippen LogP contribution in [0.5, 0.6) is 0 Å². The van der Waals surface area contributed by atoms with Crippen LogP contribution in [-0.2, 0) is 9.59 Å². The molecule has 1 heterocycles. The fourth-order valence-electron chi connectivity index (χ4n) is 1.84. The van der Waals surface area contributed by atoms with Crippen LogP contribution < -0.4 is 11.1 Å². The first-order valence-electron chi connectivity index (χ1n) is 6.53. The van der Waals surface area contributed by atoms with Gasteiger partial charge in [-0.1, -0.05) is 0 Å². The van der Waals surface area contributed by atoms with Gasteiger partial charge in [-0.15, -0.1) is 0 Å². The SMILES string of the molecule is CC(C)(NC(=O)N1CCN(CCC(=O)O)CC1)C(N)=O. The van der Waals surface area contributed by atoms with Crippen molar-refractivity contribution in [2.45, 2.75) is 25.8 Å². The van der Waals surface area contributed by atoms with E-state index in [-0.39, 0.29) is 12.5 Å². The Morgan fingerprint density at radius 1 is 1.20 bits per heavy atom. The third-order valence-corrected chi connectivity index (χ3v) is 3.34.